The molecule has 2 aromatic carbocycles. The van der Waals surface area contributed by atoms with Gasteiger partial charge in [0, 0.05) is 11.3 Å². The first-order valence-electron chi connectivity index (χ1n) is 6.30. The van der Waals surface area contributed by atoms with E-state index in [4.69, 9.17) is 4.74 Å². The van der Waals surface area contributed by atoms with Gasteiger partial charge in [-0.2, -0.15) is 0 Å². The summed E-state index contributed by atoms with van der Waals surface area (Å²) < 4.78 is 5.42. The maximum absolute atomic E-state index is 12.0. The van der Waals surface area contributed by atoms with Gasteiger partial charge in [-0.05, 0) is 49.7 Å². The van der Waals surface area contributed by atoms with Gasteiger partial charge >= 0.3 is 0 Å². The number of hydrogen-bond donors (Lipinski definition) is 1. The van der Waals surface area contributed by atoms with Gasteiger partial charge in [0.1, 0.15) is 5.75 Å². The van der Waals surface area contributed by atoms with E-state index < -0.39 is 0 Å². The fraction of sp³-hybridized carbons (Fsp3) is 0.188. The first kappa shape index (κ1) is 13.1. The summed E-state index contributed by atoms with van der Waals surface area (Å²) in [4.78, 5) is 12.0. The smallest absolute Gasteiger partial charge is 0.255 e. The van der Waals surface area contributed by atoms with Gasteiger partial charge in [0.25, 0.3) is 5.91 Å². The minimum Gasteiger partial charge on any atom is -0.494 e. The lowest BCUT2D eigenvalue weighted by molar-refractivity contribution is 0.102. The zero-order valence-electron chi connectivity index (χ0n) is 11.1. The molecule has 0 spiro atoms. The lowest BCUT2D eigenvalue weighted by Crippen LogP contribution is -2.12. The summed E-state index contributed by atoms with van der Waals surface area (Å²) in [7, 11) is 0. The number of hydrogen-bond acceptors (Lipinski definition) is 2. The maximum atomic E-state index is 12.0. The summed E-state index contributed by atoms with van der Waals surface area (Å²) >= 11 is 0. The second-order valence-electron chi connectivity index (χ2n) is 4.23. The molecule has 2 aromatic rings. The van der Waals surface area contributed by atoms with Crippen LogP contribution in [0.15, 0.2) is 48.5 Å². The van der Waals surface area contributed by atoms with E-state index in [1.807, 2.05) is 50.2 Å². The summed E-state index contributed by atoms with van der Waals surface area (Å²) in [5.41, 5.74) is 2.43. The van der Waals surface area contributed by atoms with Gasteiger partial charge in [-0.1, -0.05) is 18.2 Å². The Morgan fingerprint density at radius 2 is 1.89 bits per heavy atom. The number of carbonyl (C=O) groups is 1. The average molecular weight is 255 g/mol. The van der Waals surface area contributed by atoms with Gasteiger partial charge in [-0.25, -0.2) is 0 Å². The van der Waals surface area contributed by atoms with E-state index in [-0.39, 0.29) is 5.91 Å². The second kappa shape index (κ2) is 6.05. The predicted octanol–water partition coefficient (Wildman–Crippen LogP) is 3.65. The second-order valence-corrected chi connectivity index (χ2v) is 4.23. The van der Waals surface area contributed by atoms with Crippen molar-refractivity contribution in [2.45, 2.75) is 13.8 Å². The molecule has 0 radical (unpaired) electrons. The molecule has 0 atom stereocenters. The number of rotatable bonds is 4. The van der Waals surface area contributed by atoms with Gasteiger partial charge < -0.3 is 10.1 Å². The van der Waals surface area contributed by atoms with E-state index >= 15 is 0 Å². The van der Waals surface area contributed by atoms with Crippen molar-refractivity contribution >= 4 is 11.6 Å². The van der Waals surface area contributed by atoms with Crippen LogP contribution in [0, 0.1) is 6.92 Å². The largest absolute Gasteiger partial charge is 0.494 e. The minimum atomic E-state index is -0.104. The van der Waals surface area contributed by atoms with Crippen molar-refractivity contribution in [3.63, 3.8) is 0 Å². The standard InChI is InChI=1S/C16H17NO2/c1-3-19-14-9-10-15(12(2)11-14)17-16(18)13-7-5-4-6-8-13/h4-11H,3H2,1-2H3,(H,17,18). The molecule has 0 bridgehead atoms. The van der Waals surface area contributed by atoms with E-state index in [9.17, 15) is 4.79 Å². The highest BCUT2D eigenvalue weighted by molar-refractivity contribution is 6.04. The van der Waals surface area contributed by atoms with Gasteiger partial charge in [0.05, 0.1) is 6.61 Å². The molecule has 0 aliphatic rings. The molecule has 1 amide bonds. The van der Waals surface area contributed by atoms with E-state index in [0.29, 0.717) is 12.2 Å². The summed E-state index contributed by atoms with van der Waals surface area (Å²) in [5.74, 6) is 0.713. The zero-order valence-corrected chi connectivity index (χ0v) is 11.1. The molecule has 0 aliphatic heterocycles. The van der Waals surface area contributed by atoms with Crippen molar-refractivity contribution in [2.75, 3.05) is 11.9 Å². The molecule has 0 saturated heterocycles. The number of ether oxygens (including phenoxy) is 1. The van der Waals surface area contributed by atoms with Gasteiger partial charge in [0.2, 0.25) is 0 Å². The predicted molar refractivity (Wildman–Crippen MR) is 76.7 cm³/mol. The Labute approximate surface area is 113 Å². The molecule has 3 heteroatoms. The number of anilines is 1. The highest BCUT2D eigenvalue weighted by Crippen LogP contribution is 2.21. The van der Waals surface area contributed by atoms with Gasteiger partial charge in [-0.3, -0.25) is 4.79 Å². The highest BCUT2D eigenvalue weighted by atomic mass is 16.5. The Kier molecular flexibility index (Phi) is 4.18. The molecule has 0 aliphatic carbocycles. The zero-order chi connectivity index (χ0) is 13.7. The molecule has 19 heavy (non-hydrogen) atoms. The van der Waals surface area contributed by atoms with Crippen LogP contribution < -0.4 is 10.1 Å². The molecular weight excluding hydrogens is 238 g/mol. The third-order valence-corrected chi connectivity index (χ3v) is 2.79. The number of nitrogens with one attached hydrogen (secondary N) is 1. The van der Waals surface area contributed by atoms with E-state index in [0.717, 1.165) is 17.0 Å². The van der Waals surface area contributed by atoms with Crippen LogP contribution in [0.4, 0.5) is 5.69 Å². The average Bonchev–Trinajstić information content (AvgIpc) is 2.43. The van der Waals surface area contributed by atoms with E-state index in [1.165, 1.54) is 0 Å². The van der Waals surface area contributed by atoms with Crippen LogP contribution in [-0.2, 0) is 0 Å². The maximum Gasteiger partial charge on any atom is 0.255 e. The van der Waals surface area contributed by atoms with Crippen molar-refractivity contribution in [3.05, 3.63) is 59.7 Å². The van der Waals surface area contributed by atoms with Crippen molar-refractivity contribution in [3.8, 4) is 5.75 Å². The third kappa shape index (κ3) is 3.35. The molecule has 98 valence electrons. The van der Waals surface area contributed by atoms with Crippen LogP contribution >= 0.6 is 0 Å². The third-order valence-electron chi connectivity index (χ3n) is 2.79. The van der Waals surface area contributed by atoms with Crippen LogP contribution in [0.1, 0.15) is 22.8 Å². The molecule has 2 rings (SSSR count). The van der Waals surface area contributed by atoms with Crippen LogP contribution in [0.5, 0.6) is 5.75 Å². The normalized spacial score (nSPS) is 10.0. The summed E-state index contributed by atoms with van der Waals surface area (Å²) in [6, 6.07) is 14.8. The van der Waals surface area contributed by atoms with E-state index in [2.05, 4.69) is 5.32 Å². The van der Waals surface area contributed by atoms with Crippen molar-refractivity contribution in [2.24, 2.45) is 0 Å². The topological polar surface area (TPSA) is 38.3 Å². The summed E-state index contributed by atoms with van der Waals surface area (Å²) in [6.45, 7) is 4.53. The fourth-order valence-corrected chi connectivity index (χ4v) is 1.82. The highest BCUT2D eigenvalue weighted by Gasteiger charge is 2.07. The van der Waals surface area contributed by atoms with Crippen LogP contribution in [-0.4, -0.2) is 12.5 Å². The molecule has 0 aromatic heterocycles. The molecule has 0 unspecified atom stereocenters. The first-order valence-corrected chi connectivity index (χ1v) is 6.30. The van der Waals surface area contributed by atoms with Crippen LogP contribution in [0.3, 0.4) is 0 Å². The number of amides is 1. The molecule has 1 N–H and O–H groups in total. The Morgan fingerprint density at radius 1 is 1.16 bits per heavy atom. The Bertz CT molecular complexity index is 564. The van der Waals surface area contributed by atoms with Crippen molar-refractivity contribution in [1.29, 1.82) is 0 Å². The monoisotopic (exact) mass is 255 g/mol. The van der Waals surface area contributed by atoms with Crippen molar-refractivity contribution in [1.82, 2.24) is 0 Å². The number of carbonyl (C=O) groups excluding carboxylic acids is 1. The Hall–Kier alpha value is -2.29. The van der Waals surface area contributed by atoms with Crippen LogP contribution in [0.25, 0.3) is 0 Å². The van der Waals surface area contributed by atoms with Gasteiger partial charge in [0.15, 0.2) is 0 Å². The lowest BCUT2D eigenvalue weighted by atomic mass is 10.1. The summed E-state index contributed by atoms with van der Waals surface area (Å²) in [5, 5.41) is 2.90. The molecule has 3 nitrogen and oxygen atoms in total. The number of aryl methyl sites for hydroxylation is 1. The number of benzene rings is 2. The van der Waals surface area contributed by atoms with Gasteiger partial charge in [-0.15, -0.1) is 0 Å². The van der Waals surface area contributed by atoms with E-state index in [1.54, 1.807) is 12.1 Å². The summed E-state index contributed by atoms with van der Waals surface area (Å²) in [6.07, 6.45) is 0. The fourth-order valence-electron chi connectivity index (χ4n) is 1.82. The van der Waals surface area contributed by atoms with Crippen LogP contribution in [0.2, 0.25) is 0 Å². The first-order chi connectivity index (χ1) is 9.20. The molecule has 0 saturated carbocycles. The molecule has 0 fully saturated rings. The SMILES string of the molecule is CCOc1ccc(NC(=O)c2ccccc2)c(C)c1. The Morgan fingerprint density at radius 3 is 2.53 bits per heavy atom. The Balaban J connectivity index is 2.13. The molecule has 0 heterocycles. The quantitative estimate of drug-likeness (QED) is 0.905. The minimum absolute atomic E-state index is 0.104. The van der Waals surface area contributed by atoms with Crippen molar-refractivity contribution < 1.29 is 9.53 Å². The molecular formula is C16H17NO2. The lowest BCUT2D eigenvalue weighted by Gasteiger charge is -2.10.